The molecule has 0 radical (unpaired) electrons. The number of carbonyl (C=O) groups is 1. The number of benzene rings is 1. The summed E-state index contributed by atoms with van der Waals surface area (Å²) in [5.74, 6) is 0.713. The van der Waals surface area contributed by atoms with E-state index in [0.29, 0.717) is 12.0 Å². The minimum Gasteiger partial charge on any atom is -0.325 e. The summed E-state index contributed by atoms with van der Waals surface area (Å²) in [6.45, 7) is 4.22. The molecule has 0 aromatic heterocycles. The molecular weight excluding hydrogens is 236 g/mol. The van der Waals surface area contributed by atoms with E-state index in [1.807, 2.05) is 37.3 Å². The van der Waals surface area contributed by atoms with Gasteiger partial charge in [0.05, 0.1) is 6.04 Å². The van der Waals surface area contributed by atoms with Gasteiger partial charge in [-0.25, -0.2) is 0 Å². The van der Waals surface area contributed by atoms with E-state index in [9.17, 15) is 4.79 Å². The zero-order valence-corrected chi connectivity index (χ0v) is 11.9. The molecule has 0 spiro atoms. The second-order valence-electron chi connectivity index (χ2n) is 5.61. The number of carbonyl (C=O) groups excluding carboxylic acids is 1. The lowest BCUT2D eigenvalue weighted by Gasteiger charge is -2.31. The van der Waals surface area contributed by atoms with E-state index in [1.165, 1.54) is 25.7 Å². The average Bonchev–Trinajstić information content (AvgIpc) is 2.42. The van der Waals surface area contributed by atoms with Gasteiger partial charge in [0, 0.05) is 11.7 Å². The van der Waals surface area contributed by atoms with Crippen LogP contribution in [0.1, 0.15) is 39.5 Å². The summed E-state index contributed by atoms with van der Waals surface area (Å²) in [5.41, 5.74) is 0.859. The van der Waals surface area contributed by atoms with Gasteiger partial charge in [0.15, 0.2) is 0 Å². The molecule has 0 saturated heterocycles. The fourth-order valence-corrected chi connectivity index (χ4v) is 2.73. The summed E-state index contributed by atoms with van der Waals surface area (Å²) in [6.07, 6.45) is 5.05. The molecule has 0 heterocycles. The molecule has 3 nitrogen and oxygen atoms in total. The summed E-state index contributed by atoms with van der Waals surface area (Å²) in [7, 11) is 0. The molecule has 3 atom stereocenters. The van der Waals surface area contributed by atoms with Crippen LogP contribution in [0.15, 0.2) is 30.3 Å². The maximum atomic E-state index is 12.1. The third kappa shape index (κ3) is 4.06. The molecule has 1 fully saturated rings. The normalized spacial score (nSPS) is 24.7. The Morgan fingerprint density at radius 3 is 2.58 bits per heavy atom. The minimum atomic E-state index is -0.147. The quantitative estimate of drug-likeness (QED) is 0.873. The molecule has 0 unspecified atom stereocenters. The van der Waals surface area contributed by atoms with Gasteiger partial charge in [0.25, 0.3) is 0 Å². The molecule has 0 aliphatic heterocycles. The number of anilines is 1. The van der Waals surface area contributed by atoms with Gasteiger partial charge in [0.1, 0.15) is 0 Å². The van der Waals surface area contributed by atoms with Crippen molar-refractivity contribution in [1.29, 1.82) is 0 Å². The molecule has 2 N–H and O–H groups in total. The number of para-hydroxylation sites is 1. The Bertz CT molecular complexity index is 404. The van der Waals surface area contributed by atoms with Crippen LogP contribution in [-0.2, 0) is 4.79 Å². The highest BCUT2D eigenvalue weighted by Crippen LogP contribution is 2.24. The summed E-state index contributed by atoms with van der Waals surface area (Å²) < 4.78 is 0. The van der Waals surface area contributed by atoms with E-state index in [1.54, 1.807) is 0 Å². The van der Waals surface area contributed by atoms with Crippen molar-refractivity contribution in [3.8, 4) is 0 Å². The van der Waals surface area contributed by atoms with Crippen LogP contribution in [0, 0.1) is 5.92 Å². The van der Waals surface area contributed by atoms with Crippen molar-refractivity contribution in [2.45, 2.75) is 51.6 Å². The summed E-state index contributed by atoms with van der Waals surface area (Å²) >= 11 is 0. The first kappa shape index (κ1) is 14.1. The van der Waals surface area contributed by atoms with Crippen LogP contribution in [-0.4, -0.2) is 18.0 Å². The van der Waals surface area contributed by atoms with Gasteiger partial charge in [-0.1, -0.05) is 38.0 Å². The second kappa shape index (κ2) is 6.71. The third-order valence-corrected chi connectivity index (χ3v) is 4.01. The fraction of sp³-hybridized carbons (Fsp3) is 0.562. The smallest absolute Gasteiger partial charge is 0.241 e. The second-order valence-corrected chi connectivity index (χ2v) is 5.61. The topological polar surface area (TPSA) is 41.1 Å². The molecule has 1 aromatic rings. The average molecular weight is 260 g/mol. The van der Waals surface area contributed by atoms with Crippen molar-refractivity contribution in [2.24, 2.45) is 5.92 Å². The Kier molecular flexibility index (Phi) is 4.97. The Labute approximate surface area is 115 Å². The van der Waals surface area contributed by atoms with Crippen molar-refractivity contribution in [3.63, 3.8) is 0 Å². The first-order valence-corrected chi connectivity index (χ1v) is 7.29. The standard InChI is InChI=1S/C16H24N2O/c1-12-8-6-7-11-15(12)17-13(2)16(19)18-14-9-4-3-5-10-14/h3-5,9-10,12-13,15,17H,6-8,11H2,1-2H3,(H,18,19)/t12-,13+,15+/m1/s1. The van der Waals surface area contributed by atoms with Gasteiger partial charge < -0.3 is 10.6 Å². The van der Waals surface area contributed by atoms with Gasteiger partial charge in [-0.15, -0.1) is 0 Å². The van der Waals surface area contributed by atoms with Crippen LogP contribution >= 0.6 is 0 Å². The number of hydrogen-bond acceptors (Lipinski definition) is 2. The summed E-state index contributed by atoms with van der Waals surface area (Å²) in [6, 6.07) is 9.95. The maximum Gasteiger partial charge on any atom is 0.241 e. The SMILES string of the molecule is C[C@H](N[C@H]1CCCC[C@H]1C)C(=O)Nc1ccccc1. The number of rotatable bonds is 4. The van der Waals surface area contributed by atoms with Gasteiger partial charge in [0.2, 0.25) is 5.91 Å². The molecule has 1 saturated carbocycles. The molecule has 2 rings (SSSR count). The first-order chi connectivity index (χ1) is 9.16. The molecule has 1 amide bonds. The lowest BCUT2D eigenvalue weighted by atomic mass is 9.85. The molecule has 0 bridgehead atoms. The van der Waals surface area contributed by atoms with E-state index >= 15 is 0 Å². The van der Waals surface area contributed by atoms with Crippen molar-refractivity contribution in [2.75, 3.05) is 5.32 Å². The van der Waals surface area contributed by atoms with Gasteiger partial charge in [-0.2, -0.15) is 0 Å². The van der Waals surface area contributed by atoms with E-state index < -0.39 is 0 Å². The monoisotopic (exact) mass is 260 g/mol. The summed E-state index contributed by atoms with van der Waals surface area (Å²) in [4.78, 5) is 12.1. The zero-order valence-electron chi connectivity index (χ0n) is 11.9. The summed E-state index contributed by atoms with van der Waals surface area (Å²) in [5, 5.41) is 6.42. The van der Waals surface area contributed by atoms with Crippen molar-refractivity contribution in [3.05, 3.63) is 30.3 Å². The Hall–Kier alpha value is -1.35. The van der Waals surface area contributed by atoms with Crippen LogP contribution in [0.3, 0.4) is 0 Å². The largest absolute Gasteiger partial charge is 0.325 e. The molecule has 3 heteroatoms. The lowest BCUT2D eigenvalue weighted by Crippen LogP contribution is -2.47. The van der Waals surface area contributed by atoms with Crippen LogP contribution < -0.4 is 10.6 Å². The van der Waals surface area contributed by atoms with Gasteiger partial charge in [-0.3, -0.25) is 4.79 Å². The van der Waals surface area contributed by atoms with Gasteiger partial charge in [-0.05, 0) is 37.8 Å². The molecule has 1 aliphatic carbocycles. The molecule has 1 aliphatic rings. The van der Waals surface area contributed by atoms with Crippen LogP contribution in [0.25, 0.3) is 0 Å². The molecule has 1 aromatic carbocycles. The van der Waals surface area contributed by atoms with E-state index in [4.69, 9.17) is 0 Å². The highest BCUT2D eigenvalue weighted by atomic mass is 16.2. The Morgan fingerprint density at radius 2 is 1.89 bits per heavy atom. The van der Waals surface area contributed by atoms with Crippen molar-refractivity contribution < 1.29 is 4.79 Å². The molecular formula is C16H24N2O. The Balaban J connectivity index is 1.85. The van der Waals surface area contributed by atoms with Crippen LogP contribution in [0.5, 0.6) is 0 Å². The van der Waals surface area contributed by atoms with Gasteiger partial charge >= 0.3 is 0 Å². The predicted molar refractivity (Wildman–Crippen MR) is 79.1 cm³/mol. The first-order valence-electron chi connectivity index (χ1n) is 7.29. The van der Waals surface area contributed by atoms with E-state index in [-0.39, 0.29) is 11.9 Å². The van der Waals surface area contributed by atoms with E-state index in [2.05, 4.69) is 17.6 Å². The number of hydrogen-bond donors (Lipinski definition) is 2. The maximum absolute atomic E-state index is 12.1. The van der Waals surface area contributed by atoms with E-state index in [0.717, 1.165) is 5.69 Å². The molecule has 19 heavy (non-hydrogen) atoms. The van der Waals surface area contributed by atoms with Crippen molar-refractivity contribution >= 4 is 11.6 Å². The lowest BCUT2D eigenvalue weighted by molar-refractivity contribution is -0.118. The number of nitrogens with one attached hydrogen (secondary N) is 2. The fourth-order valence-electron chi connectivity index (χ4n) is 2.73. The number of amides is 1. The Morgan fingerprint density at radius 1 is 1.21 bits per heavy atom. The van der Waals surface area contributed by atoms with Crippen LogP contribution in [0.4, 0.5) is 5.69 Å². The minimum absolute atomic E-state index is 0.0453. The van der Waals surface area contributed by atoms with Crippen LogP contribution in [0.2, 0.25) is 0 Å². The highest BCUT2D eigenvalue weighted by Gasteiger charge is 2.24. The van der Waals surface area contributed by atoms with Crippen molar-refractivity contribution in [1.82, 2.24) is 5.32 Å². The zero-order chi connectivity index (χ0) is 13.7. The highest BCUT2D eigenvalue weighted by molar-refractivity contribution is 5.94. The predicted octanol–water partition coefficient (Wildman–Crippen LogP) is 3.18. The third-order valence-electron chi connectivity index (χ3n) is 4.01. The molecule has 104 valence electrons.